The lowest BCUT2D eigenvalue weighted by molar-refractivity contribution is -0.136. The van der Waals surface area contributed by atoms with E-state index < -0.39 is 5.97 Å². The van der Waals surface area contributed by atoms with Crippen molar-refractivity contribution in [3.05, 3.63) is 16.1 Å². The number of nitrogens with zero attached hydrogens (tertiary/aromatic N) is 1. The van der Waals surface area contributed by atoms with E-state index in [0.717, 1.165) is 23.8 Å². The van der Waals surface area contributed by atoms with Gasteiger partial charge in [-0.3, -0.25) is 4.79 Å². The second kappa shape index (κ2) is 5.72. The third-order valence-corrected chi connectivity index (χ3v) is 2.62. The molecule has 0 atom stereocenters. The molecule has 5 heteroatoms. The predicted octanol–water partition coefficient (Wildman–Crippen LogP) is 1.27. The maximum absolute atomic E-state index is 10.3. The third-order valence-electron chi connectivity index (χ3n) is 1.72. The van der Waals surface area contributed by atoms with Crippen LogP contribution in [0.3, 0.4) is 0 Å². The summed E-state index contributed by atoms with van der Waals surface area (Å²) in [5, 5.41) is 14.6. The highest BCUT2D eigenvalue weighted by Crippen LogP contribution is 2.10. The summed E-state index contributed by atoms with van der Waals surface area (Å²) < 4.78 is 0. The van der Waals surface area contributed by atoms with Gasteiger partial charge in [0.25, 0.3) is 0 Å². The lowest BCUT2D eigenvalue weighted by atomic mass is 10.2. The van der Waals surface area contributed by atoms with E-state index in [-0.39, 0.29) is 6.42 Å². The summed E-state index contributed by atoms with van der Waals surface area (Å²) in [6.07, 6.45) is 0.683. The predicted molar refractivity (Wildman–Crippen MR) is 55.5 cm³/mol. The summed E-state index contributed by atoms with van der Waals surface area (Å²) >= 11 is 1.57. The zero-order valence-electron chi connectivity index (χ0n) is 8.12. The van der Waals surface area contributed by atoms with E-state index in [1.165, 1.54) is 0 Å². The molecular formula is C9H14N2O2S. The number of hydrogen-bond acceptors (Lipinski definition) is 4. The van der Waals surface area contributed by atoms with Crippen LogP contribution in [0.25, 0.3) is 0 Å². The molecule has 0 bridgehead atoms. The van der Waals surface area contributed by atoms with Gasteiger partial charge in [-0.25, -0.2) is 4.98 Å². The van der Waals surface area contributed by atoms with Gasteiger partial charge in [0, 0.05) is 18.3 Å². The Morgan fingerprint density at radius 3 is 3.14 bits per heavy atom. The van der Waals surface area contributed by atoms with Gasteiger partial charge in [-0.2, -0.15) is 0 Å². The van der Waals surface area contributed by atoms with Crippen LogP contribution in [0.2, 0.25) is 0 Å². The van der Waals surface area contributed by atoms with Crippen LogP contribution in [0.15, 0.2) is 5.38 Å². The Hall–Kier alpha value is -0.940. The van der Waals surface area contributed by atoms with E-state index in [2.05, 4.69) is 10.3 Å². The number of carboxylic acid groups (broad SMARTS) is 1. The summed E-state index contributed by atoms with van der Waals surface area (Å²) in [5.74, 6) is -0.772. The maximum atomic E-state index is 10.3. The summed E-state index contributed by atoms with van der Waals surface area (Å²) in [5.41, 5.74) is 0.880. The van der Waals surface area contributed by atoms with Crippen molar-refractivity contribution in [1.29, 1.82) is 0 Å². The van der Waals surface area contributed by atoms with E-state index >= 15 is 0 Å². The smallest absolute Gasteiger partial charge is 0.303 e. The first kappa shape index (κ1) is 11.1. The monoisotopic (exact) mass is 214 g/mol. The first-order chi connectivity index (χ1) is 6.72. The molecule has 0 fully saturated rings. The van der Waals surface area contributed by atoms with Crippen LogP contribution in [-0.4, -0.2) is 22.6 Å². The molecule has 1 heterocycles. The minimum absolute atomic E-state index is 0.157. The van der Waals surface area contributed by atoms with Crippen LogP contribution in [0.1, 0.15) is 24.0 Å². The first-order valence-electron chi connectivity index (χ1n) is 4.58. The lowest BCUT2D eigenvalue weighted by Crippen LogP contribution is -2.11. The van der Waals surface area contributed by atoms with Crippen molar-refractivity contribution in [2.24, 2.45) is 0 Å². The Bertz CT molecular complexity index is 299. The first-order valence-corrected chi connectivity index (χ1v) is 5.46. The molecule has 0 saturated carbocycles. The topological polar surface area (TPSA) is 62.2 Å². The summed E-state index contributed by atoms with van der Waals surface area (Å²) in [4.78, 5) is 14.6. The second-order valence-electron chi connectivity index (χ2n) is 2.91. The Morgan fingerprint density at radius 1 is 1.71 bits per heavy atom. The van der Waals surface area contributed by atoms with Crippen molar-refractivity contribution in [3.8, 4) is 0 Å². The number of aliphatic carboxylic acids is 1. The SMILES string of the molecule is CCNCc1nc(CCC(=O)O)cs1. The largest absolute Gasteiger partial charge is 0.481 e. The Balaban J connectivity index is 2.38. The lowest BCUT2D eigenvalue weighted by Gasteiger charge is -1.95. The molecule has 0 amide bonds. The Labute approximate surface area is 87.0 Å². The van der Waals surface area contributed by atoms with Crippen molar-refractivity contribution in [2.45, 2.75) is 26.3 Å². The van der Waals surface area contributed by atoms with Gasteiger partial charge in [-0.15, -0.1) is 11.3 Å². The standard InChI is InChI=1S/C9H14N2O2S/c1-2-10-5-8-11-7(6-14-8)3-4-9(12)13/h6,10H,2-5H2,1H3,(H,12,13). The highest BCUT2D eigenvalue weighted by atomic mass is 32.1. The van der Waals surface area contributed by atoms with Crippen LogP contribution in [0.5, 0.6) is 0 Å². The molecule has 14 heavy (non-hydrogen) atoms. The number of carboxylic acids is 1. The molecule has 0 aliphatic carbocycles. The van der Waals surface area contributed by atoms with Gasteiger partial charge >= 0.3 is 5.97 Å². The summed E-state index contributed by atoms with van der Waals surface area (Å²) in [6.45, 7) is 3.73. The molecule has 0 aliphatic rings. The molecule has 78 valence electrons. The van der Waals surface area contributed by atoms with E-state index in [1.807, 2.05) is 12.3 Å². The summed E-state index contributed by atoms with van der Waals surface area (Å²) in [6, 6.07) is 0. The molecule has 4 nitrogen and oxygen atoms in total. The van der Waals surface area contributed by atoms with Crippen LogP contribution in [0.4, 0.5) is 0 Å². The van der Waals surface area contributed by atoms with Crippen molar-refractivity contribution in [2.75, 3.05) is 6.54 Å². The molecule has 2 N–H and O–H groups in total. The maximum Gasteiger partial charge on any atom is 0.303 e. The molecule has 1 rings (SSSR count). The number of aryl methyl sites for hydroxylation is 1. The van der Waals surface area contributed by atoms with E-state index in [1.54, 1.807) is 11.3 Å². The molecule has 1 aromatic rings. The molecule has 0 spiro atoms. The fourth-order valence-electron chi connectivity index (χ4n) is 1.01. The fraction of sp³-hybridized carbons (Fsp3) is 0.556. The highest BCUT2D eigenvalue weighted by molar-refractivity contribution is 7.09. The van der Waals surface area contributed by atoms with E-state index in [0.29, 0.717) is 6.42 Å². The zero-order valence-corrected chi connectivity index (χ0v) is 8.93. The van der Waals surface area contributed by atoms with Gasteiger partial charge in [0.1, 0.15) is 5.01 Å². The van der Waals surface area contributed by atoms with Gasteiger partial charge in [-0.1, -0.05) is 6.92 Å². The van der Waals surface area contributed by atoms with Crippen LogP contribution >= 0.6 is 11.3 Å². The molecular weight excluding hydrogens is 200 g/mol. The highest BCUT2D eigenvalue weighted by Gasteiger charge is 2.03. The van der Waals surface area contributed by atoms with Gasteiger partial charge in [0.15, 0.2) is 0 Å². The van der Waals surface area contributed by atoms with Gasteiger partial charge in [0.2, 0.25) is 0 Å². The van der Waals surface area contributed by atoms with Crippen LogP contribution in [-0.2, 0) is 17.8 Å². The van der Waals surface area contributed by atoms with E-state index in [9.17, 15) is 4.79 Å². The minimum atomic E-state index is -0.772. The molecule has 0 radical (unpaired) electrons. The number of nitrogens with one attached hydrogen (secondary N) is 1. The number of rotatable bonds is 6. The van der Waals surface area contributed by atoms with Crippen molar-refractivity contribution in [3.63, 3.8) is 0 Å². The molecule has 0 saturated heterocycles. The molecule has 1 aromatic heterocycles. The number of hydrogen-bond donors (Lipinski definition) is 2. The normalized spacial score (nSPS) is 10.4. The molecule has 0 aliphatic heterocycles. The van der Waals surface area contributed by atoms with Gasteiger partial charge in [-0.05, 0) is 6.54 Å². The van der Waals surface area contributed by atoms with Crippen molar-refractivity contribution >= 4 is 17.3 Å². The quantitative estimate of drug-likeness (QED) is 0.748. The van der Waals surface area contributed by atoms with Crippen molar-refractivity contribution < 1.29 is 9.90 Å². The number of carbonyl (C=O) groups is 1. The van der Waals surface area contributed by atoms with Crippen molar-refractivity contribution in [1.82, 2.24) is 10.3 Å². The average Bonchev–Trinajstić information content (AvgIpc) is 2.59. The third kappa shape index (κ3) is 3.85. The van der Waals surface area contributed by atoms with Gasteiger partial charge in [0.05, 0.1) is 12.1 Å². The number of thiazole rings is 1. The average molecular weight is 214 g/mol. The van der Waals surface area contributed by atoms with Crippen LogP contribution < -0.4 is 5.32 Å². The second-order valence-corrected chi connectivity index (χ2v) is 3.85. The molecule has 0 unspecified atom stereocenters. The Morgan fingerprint density at radius 2 is 2.50 bits per heavy atom. The van der Waals surface area contributed by atoms with Crippen LogP contribution in [0, 0.1) is 0 Å². The van der Waals surface area contributed by atoms with Gasteiger partial charge < -0.3 is 10.4 Å². The fourth-order valence-corrected chi connectivity index (χ4v) is 1.81. The summed E-state index contributed by atoms with van der Waals surface area (Å²) in [7, 11) is 0. The zero-order chi connectivity index (χ0) is 10.4. The molecule has 0 aromatic carbocycles. The minimum Gasteiger partial charge on any atom is -0.481 e. The van der Waals surface area contributed by atoms with E-state index in [4.69, 9.17) is 5.11 Å². The number of aromatic nitrogens is 1. The Kier molecular flexibility index (Phi) is 4.55.